The fourth-order valence-electron chi connectivity index (χ4n) is 2.46. The highest BCUT2D eigenvalue weighted by atomic mass is 16.2. The van der Waals surface area contributed by atoms with Gasteiger partial charge in [0, 0.05) is 19.6 Å². The predicted octanol–water partition coefficient (Wildman–Crippen LogP) is 1.75. The van der Waals surface area contributed by atoms with E-state index in [4.69, 9.17) is 0 Å². The molecule has 0 bridgehead atoms. The summed E-state index contributed by atoms with van der Waals surface area (Å²) >= 11 is 0. The highest BCUT2D eigenvalue weighted by Gasteiger charge is 2.21. The smallest absolute Gasteiger partial charge is 0.311 e. The van der Waals surface area contributed by atoms with Crippen molar-refractivity contribution in [3.05, 3.63) is 35.9 Å². The molecule has 2 amide bonds. The summed E-state index contributed by atoms with van der Waals surface area (Å²) in [5.74, 6) is -0.845. The van der Waals surface area contributed by atoms with Crippen LogP contribution in [0.3, 0.4) is 0 Å². The second kappa shape index (κ2) is 7.68. The van der Waals surface area contributed by atoms with Gasteiger partial charge in [-0.15, -0.1) is 0 Å². The van der Waals surface area contributed by atoms with Crippen LogP contribution < -0.4 is 5.32 Å². The maximum absolute atomic E-state index is 12.0. The van der Waals surface area contributed by atoms with Crippen LogP contribution in [-0.4, -0.2) is 36.3 Å². The summed E-state index contributed by atoms with van der Waals surface area (Å²) in [7, 11) is 0. The molecule has 1 aromatic carbocycles. The Morgan fingerprint density at radius 1 is 1.00 bits per heavy atom. The van der Waals surface area contributed by atoms with Gasteiger partial charge in [0.25, 0.3) is 0 Å². The largest absolute Gasteiger partial charge is 0.347 e. The Morgan fingerprint density at radius 3 is 2.30 bits per heavy atom. The van der Waals surface area contributed by atoms with Crippen LogP contribution in [0.1, 0.15) is 31.2 Å². The summed E-state index contributed by atoms with van der Waals surface area (Å²) in [6, 6.07) is 9.94. The third-order valence-corrected chi connectivity index (χ3v) is 3.63. The third kappa shape index (κ3) is 4.37. The van der Waals surface area contributed by atoms with Gasteiger partial charge in [-0.05, 0) is 24.8 Å². The maximum Gasteiger partial charge on any atom is 0.311 e. The van der Waals surface area contributed by atoms with Crippen LogP contribution in [-0.2, 0) is 16.0 Å². The molecule has 0 atom stereocenters. The molecular formula is C16H22N2O2. The van der Waals surface area contributed by atoms with Crippen molar-refractivity contribution in [2.75, 3.05) is 19.6 Å². The Morgan fingerprint density at radius 2 is 1.65 bits per heavy atom. The molecule has 0 radical (unpaired) electrons. The lowest BCUT2D eigenvalue weighted by Crippen LogP contribution is -2.43. The van der Waals surface area contributed by atoms with E-state index < -0.39 is 5.91 Å². The van der Waals surface area contributed by atoms with Crippen LogP contribution in [0.4, 0.5) is 0 Å². The number of nitrogens with zero attached hydrogens (tertiary/aromatic N) is 1. The lowest BCUT2D eigenvalue weighted by molar-refractivity contribution is -0.145. The summed E-state index contributed by atoms with van der Waals surface area (Å²) in [5, 5.41) is 2.72. The number of hydrogen-bond donors (Lipinski definition) is 1. The molecule has 1 fully saturated rings. The van der Waals surface area contributed by atoms with Crippen molar-refractivity contribution in [1.29, 1.82) is 0 Å². The van der Waals surface area contributed by atoms with Gasteiger partial charge >= 0.3 is 11.8 Å². The molecule has 0 spiro atoms. The van der Waals surface area contributed by atoms with E-state index in [9.17, 15) is 9.59 Å². The number of hydrogen-bond acceptors (Lipinski definition) is 2. The van der Waals surface area contributed by atoms with E-state index in [2.05, 4.69) is 5.32 Å². The quantitative estimate of drug-likeness (QED) is 0.854. The van der Waals surface area contributed by atoms with Crippen LogP contribution >= 0.6 is 0 Å². The molecule has 0 saturated carbocycles. The SMILES string of the molecule is O=C(NCCc1ccccc1)C(=O)N1CCCCCC1. The van der Waals surface area contributed by atoms with E-state index in [1.807, 2.05) is 30.3 Å². The molecular weight excluding hydrogens is 252 g/mol. The minimum Gasteiger partial charge on any atom is -0.347 e. The van der Waals surface area contributed by atoms with Crippen molar-refractivity contribution in [3.8, 4) is 0 Å². The van der Waals surface area contributed by atoms with Gasteiger partial charge in [-0.3, -0.25) is 9.59 Å². The third-order valence-electron chi connectivity index (χ3n) is 3.63. The van der Waals surface area contributed by atoms with E-state index in [0.717, 1.165) is 37.7 Å². The number of carbonyl (C=O) groups is 2. The van der Waals surface area contributed by atoms with Crippen LogP contribution in [0.25, 0.3) is 0 Å². The second-order valence-corrected chi connectivity index (χ2v) is 5.20. The highest BCUT2D eigenvalue weighted by Crippen LogP contribution is 2.09. The van der Waals surface area contributed by atoms with Crippen molar-refractivity contribution in [2.24, 2.45) is 0 Å². The standard InChI is InChI=1S/C16H22N2O2/c19-15(16(20)18-12-6-1-2-7-13-18)17-11-10-14-8-4-3-5-9-14/h3-5,8-9H,1-2,6-7,10-13H2,(H,17,19). The van der Waals surface area contributed by atoms with E-state index in [1.54, 1.807) is 4.90 Å². The minimum atomic E-state index is -0.470. The minimum absolute atomic E-state index is 0.375. The number of rotatable bonds is 3. The molecule has 1 N–H and O–H groups in total. The van der Waals surface area contributed by atoms with Gasteiger partial charge in [0.15, 0.2) is 0 Å². The average Bonchev–Trinajstić information content (AvgIpc) is 2.76. The Kier molecular flexibility index (Phi) is 5.59. The molecule has 0 aromatic heterocycles. The Labute approximate surface area is 120 Å². The number of carbonyl (C=O) groups excluding carboxylic acids is 2. The zero-order valence-electron chi connectivity index (χ0n) is 11.8. The molecule has 0 aliphatic carbocycles. The van der Waals surface area contributed by atoms with E-state index in [1.165, 1.54) is 0 Å². The first-order valence-electron chi connectivity index (χ1n) is 7.38. The van der Waals surface area contributed by atoms with Crippen LogP contribution in [0.2, 0.25) is 0 Å². The van der Waals surface area contributed by atoms with Crippen LogP contribution in [0.15, 0.2) is 30.3 Å². The van der Waals surface area contributed by atoms with Gasteiger partial charge in [-0.25, -0.2) is 0 Å². The van der Waals surface area contributed by atoms with Crippen molar-refractivity contribution in [2.45, 2.75) is 32.1 Å². The molecule has 1 heterocycles. The first kappa shape index (κ1) is 14.6. The lowest BCUT2D eigenvalue weighted by Gasteiger charge is -2.19. The molecule has 4 heteroatoms. The Balaban J connectivity index is 1.75. The molecule has 1 aliphatic heterocycles. The molecule has 2 rings (SSSR count). The summed E-state index contributed by atoms with van der Waals surface area (Å²) in [6.07, 6.45) is 5.06. The summed E-state index contributed by atoms with van der Waals surface area (Å²) in [6.45, 7) is 1.93. The van der Waals surface area contributed by atoms with E-state index in [0.29, 0.717) is 19.6 Å². The number of amides is 2. The number of likely N-dealkylation sites (tertiary alicyclic amines) is 1. The molecule has 1 aromatic rings. The fourth-order valence-corrected chi connectivity index (χ4v) is 2.46. The monoisotopic (exact) mass is 274 g/mol. The molecule has 1 aliphatic rings. The maximum atomic E-state index is 12.0. The van der Waals surface area contributed by atoms with Gasteiger partial charge in [0.05, 0.1) is 0 Å². The molecule has 1 saturated heterocycles. The normalized spacial score (nSPS) is 15.5. The average molecular weight is 274 g/mol. The topological polar surface area (TPSA) is 49.4 Å². The summed E-state index contributed by atoms with van der Waals surface area (Å²) in [4.78, 5) is 25.5. The van der Waals surface area contributed by atoms with Crippen molar-refractivity contribution >= 4 is 11.8 Å². The van der Waals surface area contributed by atoms with E-state index in [-0.39, 0.29) is 5.91 Å². The Bertz CT molecular complexity index is 437. The van der Waals surface area contributed by atoms with Gasteiger partial charge in [0.2, 0.25) is 0 Å². The van der Waals surface area contributed by atoms with Gasteiger partial charge in [-0.1, -0.05) is 43.2 Å². The number of nitrogens with one attached hydrogen (secondary N) is 1. The van der Waals surface area contributed by atoms with Gasteiger partial charge < -0.3 is 10.2 Å². The molecule has 0 unspecified atom stereocenters. The highest BCUT2D eigenvalue weighted by molar-refractivity contribution is 6.35. The Hall–Kier alpha value is -1.84. The van der Waals surface area contributed by atoms with Gasteiger partial charge in [-0.2, -0.15) is 0 Å². The first-order chi connectivity index (χ1) is 9.77. The van der Waals surface area contributed by atoms with Crippen molar-refractivity contribution in [3.63, 3.8) is 0 Å². The number of benzene rings is 1. The van der Waals surface area contributed by atoms with Gasteiger partial charge in [0.1, 0.15) is 0 Å². The fraction of sp³-hybridized carbons (Fsp3) is 0.500. The van der Waals surface area contributed by atoms with Crippen LogP contribution in [0, 0.1) is 0 Å². The summed E-state index contributed by atoms with van der Waals surface area (Å²) in [5.41, 5.74) is 1.16. The molecule has 108 valence electrons. The molecule has 4 nitrogen and oxygen atoms in total. The predicted molar refractivity (Wildman–Crippen MR) is 78.2 cm³/mol. The van der Waals surface area contributed by atoms with Crippen molar-refractivity contribution in [1.82, 2.24) is 10.2 Å². The van der Waals surface area contributed by atoms with Crippen molar-refractivity contribution < 1.29 is 9.59 Å². The zero-order valence-corrected chi connectivity index (χ0v) is 11.8. The second-order valence-electron chi connectivity index (χ2n) is 5.20. The van der Waals surface area contributed by atoms with Crippen LogP contribution in [0.5, 0.6) is 0 Å². The van der Waals surface area contributed by atoms with E-state index >= 15 is 0 Å². The molecule has 20 heavy (non-hydrogen) atoms. The lowest BCUT2D eigenvalue weighted by atomic mass is 10.1. The first-order valence-corrected chi connectivity index (χ1v) is 7.38. The zero-order chi connectivity index (χ0) is 14.2. The summed E-state index contributed by atoms with van der Waals surface area (Å²) < 4.78 is 0.